The lowest BCUT2D eigenvalue weighted by molar-refractivity contribution is -0.0387. The molecule has 98 valence electrons. The number of morpholine rings is 1. The fraction of sp³-hybridized carbons (Fsp3) is 0.462. The van der Waals surface area contributed by atoms with Gasteiger partial charge in [0.05, 0.1) is 23.2 Å². The minimum Gasteiger partial charge on any atom is -0.375 e. The minimum absolute atomic E-state index is 0.0143. The second kappa shape index (κ2) is 5.36. The van der Waals surface area contributed by atoms with E-state index in [1.54, 1.807) is 17.0 Å². The minimum atomic E-state index is -0.421. The van der Waals surface area contributed by atoms with Crippen LogP contribution >= 0.6 is 15.9 Å². The van der Waals surface area contributed by atoms with Crippen molar-refractivity contribution in [3.05, 3.63) is 34.1 Å². The van der Waals surface area contributed by atoms with Crippen molar-refractivity contribution in [1.82, 2.24) is 4.90 Å². The summed E-state index contributed by atoms with van der Waals surface area (Å²) in [7, 11) is 0. The standard InChI is InChI=1S/C13H15BrFNO2/c1-8-7-18-9(2)6-16(8)13(17)10-3-4-11(14)12(15)5-10/h3-5,8-9H,6-7H2,1-2H3. The van der Waals surface area contributed by atoms with Crippen LogP contribution in [0, 0.1) is 5.82 Å². The molecule has 1 amide bonds. The molecule has 1 fully saturated rings. The van der Waals surface area contributed by atoms with Crippen LogP contribution in [-0.2, 0) is 4.74 Å². The quantitative estimate of drug-likeness (QED) is 0.797. The average molecular weight is 316 g/mol. The highest BCUT2D eigenvalue weighted by molar-refractivity contribution is 9.10. The van der Waals surface area contributed by atoms with Gasteiger partial charge in [-0.25, -0.2) is 4.39 Å². The van der Waals surface area contributed by atoms with E-state index in [1.807, 2.05) is 13.8 Å². The molecule has 2 rings (SSSR count). The Morgan fingerprint density at radius 3 is 2.89 bits per heavy atom. The summed E-state index contributed by atoms with van der Waals surface area (Å²) in [5.41, 5.74) is 0.372. The van der Waals surface area contributed by atoms with E-state index in [-0.39, 0.29) is 18.1 Å². The molecule has 1 aliphatic heterocycles. The van der Waals surface area contributed by atoms with Gasteiger partial charge in [0.2, 0.25) is 0 Å². The zero-order valence-electron chi connectivity index (χ0n) is 10.3. The molecule has 0 N–H and O–H groups in total. The van der Waals surface area contributed by atoms with Crippen LogP contribution < -0.4 is 0 Å². The van der Waals surface area contributed by atoms with Gasteiger partial charge >= 0.3 is 0 Å². The molecule has 0 aliphatic carbocycles. The molecule has 2 atom stereocenters. The summed E-state index contributed by atoms with van der Waals surface area (Å²) in [4.78, 5) is 14.0. The molecule has 0 bridgehead atoms. The number of nitrogens with zero attached hydrogens (tertiary/aromatic N) is 1. The first-order valence-corrected chi connectivity index (χ1v) is 6.66. The number of hydrogen-bond donors (Lipinski definition) is 0. The molecule has 1 aliphatic rings. The number of carbonyl (C=O) groups is 1. The van der Waals surface area contributed by atoms with Crippen LogP contribution in [0.4, 0.5) is 4.39 Å². The summed E-state index contributed by atoms with van der Waals surface area (Å²) in [5.74, 6) is -0.570. The number of amides is 1. The van der Waals surface area contributed by atoms with Gasteiger partial charge in [0.1, 0.15) is 5.82 Å². The van der Waals surface area contributed by atoms with E-state index in [2.05, 4.69) is 15.9 Å². The topological polar surface area (TPSA) is 29.5 Å². The van der Waals surface area contributed by atoms with Crippen LogP contribution in [0.25, 0.3) is 0 Å². The first-order chi connectivity index (χ1) is 8.49. The third-order valence-electron chi connectivity index (χ3n) is 3.04. The van der Waals surface area contributed by atoms with E-state index in [1.165, 1.54) is 6.07 Å². The number of halogens is 2. The molecule has 1 aromatic carbocycles. The Morgan fingerprint density at radius 2 is 2.22 bits per heavy atom. The lowest BCUT2D eigenvalue weighted by Crippen LogP contribution is -2.50. The van der Waals surface area contributed by atoms with Crippen molar-refractivity contribution in [2.24, 2.45) is 0 Å². The van der Waals surface area contributed by atoms with E-state index >= 15 is 0 Å². The molecule has 2 unspecified atom stereocenters. The maximum atomic E-state index is 13.4. The molecule has 1 aromatic rings. The molecular weight excluding hydrogens is 301 g/mol. The monoisotopic (exact) mass is 315 g/mol. The molecule has 1 heterocycles. The normalized spacial score (nSPS) is 24.1. The fourth-order valence-corrected chi connectivity index (χ4v) is 2.23. The largest absolute Gasteiger partial charge is 0.375 e. The number of benzene rings is 1. The Kier molecular flexibility index (Phi) is 4.02. The average Bonchev–Trinajstić information content (AvgIpc) is 2.35. The van der Waals surface area contributed by atoms with Gasteiger partial charge in [-0.3, -0.25) is 4.79 Å². The van der Waals surface area contributed by atoms with Gasteiger partial charge in [-0.1, -0.05) is 0 Å². The highest BCUT2D eigenvalue weighted by Gasteiger charge is 2.28. The third-order valence-corrected chi connectivity index (χ3v) is 3.68. The van der Waals surface area contributed by atoms with Gasteiger partial charge in [-0.2, -0.15) is 0 Å². The maximum absolute atomic E-state index is 13.4. The predicted molar refractivity (Wildman–Crippen MR) is 70.0 cm³/mol. The molecule has 1 saturated heterocycles. The summed E-state index contributed by atoms with van der Waals surface area (Å²) in [6.07, 6.45) is 0.0189. The van der Waals surface area contributed by atoms with Crippen molar-refractivity contribution >= 4 is 21.8 Å². The Bertz CT molecular complexity index is 466. The van der Waals surface area contributed by atoms with Gasteiger partial charge < -0.3 is 9.64 Å². The summed E-state index contributed by atoms with van der Waals surface area (Å²) < 4.78 is 19.3. The van der Waals surface area contributed by atoms with E-state index in [9.17, 15) is 9.18 Å². The second-order valence-electron chi connectivity index (χ2n) is 4.58. The van der Waals surface area contributed by atoms with Crippen LogP contribution in [0.2, 0.25) is 0 Å². The molecule has 18 heavy (non-hydrogen) atoms. The lowest BCUT2D eigenvalue weighted by Gasteiger charge is -2.36. The Balaban J connectivity index is 2.21. The van der Waals surface area contributed by atoms with E-state index < -0.39 is 5.82 Å². The Hall–Kier alpha value is -0.940. The first-order valence-electron chi connectivity index (χ1n) is 5.86. The zero-order valence-corrected chi connectivity index (χ0v) is 11.9. The number of carbonyl (C=O) groups excluding carboxylic acids is 1. The molecule has 0 radical (unpaired) electrons. The van der Waals surface area contributed by atoms with Crippen molar-refractivity contribution in [1.29, 1.82) is 0 Å². The van der Waals surface area contributed by atoms with E-state index in [0.29, 0.717) is 23.2 Å². The molecule has 0 spiro atoms. The smallest absolute Gasteiger partial charge is 0.254 e. The Morgan fingerprint density at radius 1 is 1.50 bits per heavy atom. The maximum Gasteiger partial charge on any atom is 0.254 e. The molecule has 0 aromatic heterocycles. The van der Waals surface area contributed by atoms with Crippen molar-refractivity contribution < 1.29 is 13.9 Å². The Labute approximate surface area is 114 Å². The highest BCUT2D eigenvalue weighted by atomic mass is 79.9. The number of hydrogen-bond acceptors (Lipinski definition) is 2. The van der Waals surface area contributed by atoms with Crippen molar-refractivity contribution in [3.63, 3.8) is 0 Å². The van der Waals surface area contributed by atoms with Crippen molar-refractivity contribution in [2.75, 3.05) is 13.2 Å². The number of rotatable bonds is 1. The second-order valence-corrected chi connectivity index (χ2v) is 5.43. The first kappa shape index (κ1) is 13.5. The van der Waals surface area contributed by atoms with Crippen LogP contribution in [0.15, 0.2) is 22.7 Å². The summed E-state index contributed by atoms with van der Waals surface area (Å²) in [6.45, 7) is 4.91. The van der Waals surface area contributed by atoms with Gasteiger partial charge in [0, 0.05) is 12.1 Å². The van der Waals surface area contributed by atoms with Gasteiger partial charge in [-0.15, -0.1) is 0 Å². The molecule has 5 heteroatoms. The van der Waals surface area contributed by atoms with Gasteiger partial charge in [0.25, 0.3) is 5.91 Å². The van der Waals surface area contributed by atoms with Crippen LogP contribution in [-0.4, -0.2) is 36.1 Å². The van der Waals surface area contributed by atoms with Crippen LogP contribution in [0.3, 0.4) is 0 Å². The molecular formula is C13H15BrFNO2. The lowest BCUT2D eigenvalue weighted by atomic mass is 10.1. The van der Waals surface area contributed by atoms with Gasteiger partial charge in [-0.05, 0) is 48.0 Å². The van der Waals surface area contributed by atoms with Crippen molar-refractivity contribution in [3.8, 4) is 0 Å². The van der Waals surface area contributed by atoms with Gasteiger partial charge in [0.15, 0.2) is 0 Å². The number of ether oxygens (including phenoxy) is 1. The predicted octanol–water partition coefficient (Wildman–Crippen LogP) is 2.84. The van der Waals surface area contributed by atoms with Crippen LogP contribution in [0.1, 0.15) is 24.2 Å². The van der Waals surface area contributed by atoms with Crippen molar-refractivity contribution in [2.45, 2.75) is 26.0 Å². The molecule has 3 nitrogen and oxygen atoms in total. The van der Waals surface area contributed by atoms with Crippen LogP contribution in [0.5, 0.6) is 0 Å². The SMILES string of the molecule is CC1CN(C(=O)c2ccc(Br)c(F)c2)C(C)CO1. The zero-order chi connectivity index (χ0) is 13.3. The third kappa shape index (κ3) is 2.72. The van der Waals surface area contributed by atoms with E-state index in [4.69, 9.17) is 4.74 Å². The molecule has 0 saturated carbocycles. The fourth-order valence-electron chi connectivity index (χ4n) is 1.98. The van der Waals surface area contributed by atoms with E-state index in [0.717, 1.165) is 0 Å². The highest BCUT2D eigenvalue weighted by Crippen LogP contribution is 2.20. The summed E-state index contributed by atoms with van der Waals surface area (Å²) in [6, 6.07) is 4.46. The summed E-state index contributed by atoms with van der Waals surface area (Å²) >= 11 is 3.08. The summed E-state index contributed by atoms with van der Waals surface area (Å²) in [5, 5.41) is 0.